The number of nitrogens with one attached hydrogen (secondary N) is 1. The van der Waals surface area contributed by atoms with Gasteiger partial charge in [-0.1, -0.05) is 35.9 Å². The van der Waals surface area contributed by atoms with Gasteiger partial charge in [0.2, 0.25) is 0 Å². The van der Waals surface area contributed by atoms with Crippen LogP contribution in [0.25, 0.3) is 0 Å². The molecule has 2 aromatic rings. The third kappa shape index (κ3) is 3.22. The second kappa shape index (κ2) is 6.42. The van der Waals surface area contributed by atoms with Crippen LogP contribution in [0, 0.1) is 6.92 Å². The Morgan fingerprint density at radius 1 is 1.17 bits per heavy atom. The van der Waals surface area contributed by atoms with Crippen LogP contribution in [0.3, 0.4) is 0 Å². The van der Waals surface area contributed by atoms with E-state index in [2.05, 4.69) is 5.32 Å². The fraction of sp³-hybridized carbons (Fsp3) is 0.222. The van der Waals surface area contributed by atoms with Crippen LogP contribution in [0.15, 0.2) is 42.5 Å². The molecule has 2 amide bonds. The number of carbonyl (C=O) groups is 2. The van der Waals surface area contributed by atoms with E-state index in [1.54, 1.807) is 23.1 Å². The Bertz CT molecular complexity index is 773. The molecule has 1 N–H and O–H groups in total. The van der Waals surface area contributed by atoms with Crippen molar-refractivity contribution >= 4 is 34.8 Å². The number of benzene rings is 2. The minimum Gasteiger partial charge on any atom is -0.317 e. The Morgan fingerprint density at radius 2 is 1.96 bits per heavy atom. The van der Waals surface area contributed by atoms with Crippen LogP contribution < -0.4 is 10.2 Å². The van der Waals surface area contributed by atoms with Gasteiger partial charge in [-0.05, 0) is 49.1 Å². The van der Waals surface area contributed by atoms with Gasteiger partial charge in [-0.15, -0.1) is 0 Å². The lowest BCUT2D eigenvalue weighted by molar-refractivity contribution is -0.134. The number of aryl methyl sites for hydroxylation is 2. The molecule has 0 saturated heterocycles. The number of carbonyl (C=O) groups excluding carboxylic acids is 2. The van der Waals surface area contributed by atoms with E-state index in [9.17, 15) is 9.59 Å². The van der Waals surface area contributed by atoms with Crippen LogP contribution in [-0.2, 0) is 16.0 Å². The molecule has 5 heteroatoms. The van der Waals surface area contributed by atoms with Crippen LogP contribution in [0.5, 0.6) is 0 Å². The van der Waals surface area contributed by atoms with E-state index in [4.69, 9.17) is 11.6 Å². The molecule has 0 spiro atoms. The van der Waals surface area contributed by atoms with Crippen molar-refractivity contribution in [2.75, 3.05) is 16.8 Å². The zero-order valence-corrected chi connectivity index (χ0v) is 13.6. The zero-order valence-electron chi connectivity index (χ0n) is 12.8. The van der Waals surface area contributed by atoms with E-state index < -0.39 is 11.8 Å². The molecule has 23 heavy (non-hydrogen) atoms. The first kappa shape index (κ1) is 15.6. The molecule has 0 aliphatic carbocycles. The lowest BCUT2D eigenvalue weighted by atomic mass is 10.0. The molecule has 0 aromatic heterocycles. The number of nitrogens with zero attached hydrogens (tertiary/aromatic N) is 1. The predicted octanol–water partition coefficient (Wildman–Crippen LogP) is 3.57. The van der Waals surface area contributed by atoms with Crippen LogP contribution in [0.1, 0.15) is 17.5 Å². The van der Waals surface area contributed by atoms with Crippen molar-refractivity contribution in [3.63, 3.8) is 0 Å². The minimum absolute atomic E-state index is 0.515. The van der Waals surface area contributed by atoms with Gasteiger partial charge >= 0.3 is 11.8 Å². The van der Waals surface area contributed by atoms with Crippen molar-refractivity contribution in [1.29, 1.82) is 0 Å². The summed E-state index contributed by atoms with van der Waals surface area (Å²) in [4.78, 5) is 26.4. The summed E-state index contributed by atoms with van der Waals surface area (Å²) in [6.07, 6.45) is 1.78. The van der Waals surface area contributed by atoms with Gasteiger partial charge in [-0.3, -0.25) is 9.59 Å². The molecule has 0 fully saturated rings. The molecule has 0 unspecified atom stereocenters. The van der Waals surface area contributed by atoms with Crippen LogP contribution in [-0.4, -0.2) is 18.4 Å². The maximum atomic E-state index is 12.5. The largest absolute Gasteiger partial charge is 0.317 e. The van der Waals surface area contributed by atoms with Gasteiger partial charge in [0.15, 0.2) is 0 Å². The van der Waals surface area contributed by atoms with Gasteiger partial charge in [0.05, 0.1) is 0 Å². The number of para-hydroxylation sites is 1. The normalized spacial score (nSPS) is 13.4. The highest BCUT2D eigenvalue weighted by atomic mass is 35.5. The Labute approximate surface area is 140 Å². The summed E-state index contributed by atoms with van der Waals surface area (Å²) in [6.45, 7) is 2.41. The van der Waals surface area contributed by atoms with Gasteiger partial charge in [0.1, 0.15) is 0 Å². The molecule has 1 aliphatic rings. The molecule has 3 rings (SSSR count). The van der Waals surface area contributed by atoms with E-state index >= 15 is 0 Å². The second-order valence-corrected chi connectivity index (χ2v) is 6.04. The van der Waals surface area contributed by atoms with Crippen LogP contribution in [0.4, 0.5) is 11.4 Å². The third-order valence-corrected chi connectivity index (χ3v) is 4.23. The van der Waals surface area contributed by atoms with E-state index in [0.717, 1.165) is 29.7 Å². The minimum atomic E-state index is -0.646. The maximum Gasteiger partial charge on any atom is 0.316 e. The molecule has 2 aromatic carbocycles. The average molecular weight is 329 g/mol. The average Bonchev–Trinajstić information content (AvgIpc) is 2.57. The number of anilines is 2. The molecule has 1 heterocycles. The third-order valence-electron chi connectivity index (χ3n) is 4.00. The first-order valence-electron chi connectivity index (χ1n) is 7.53. The summed E-state index contributed by atoms with van der Waals surface area (Å²) in [7, 11) is 0. The lowest BCUT2D eigenvalue weighted by Gasteiger charge is -2.28. The van der Waals surface area contributed by atoms with Gasteiger partial charge in [-0.25, -0.2) is 0 Å². The Balaban J connectivity index is 1.81. The molecular weight excluding hydrogens is 312 g/mol. The molecule has 0 atom stereocenters. The summed E-state index contributed by atoms with van der Waals surface area (Å²) in [5.74, 6) is -1.19. The SMILES string of the molecule is Cc1ccc(Cl)cc1NC(=O)C(=O)N1CCCc2ccccc21. The van der Waals surface area contributed by atoms with E-state index in [-0.39, 0.29) is 0 Å². The summed E-state index contributed by atoms with van der Waals surface area (Å²) in [6, 6.07) is 12.9. The molecule has 118 valence electrons. The van der Waals surface area contributed by atoms with Gasteiger partial charge in [0, 0.05) is 22.9 Å². The lowest BCUT2D eigenvalue weighted by Crippen LogP contribution is -2.42. The van der Waals surface area contributed by atoms with Gasteiger partial charge in [-0.2, -0.15) is 0 Å². The summed E-state index contributed by atoms with van der Waals surface area (Å²) < 4.78 is 0. The fourth-order valence-corrected chi connectivity index (χ4v) is 2.94. The molecule has 0 saturated carbocycles. The first-order chi connectivity index (χ1) is 11.1. The molecule has 1 aliphatic heterocycles. The number of halogens is 1. The molecular formula is C18H17ClN2O2. The molecule has 4 nitrogen and oxygen atoms in total. The number of rotatable bonds is 1. The first-order valence-corrected chi connectivity index (χ1v) is 7.91. The Morgan fingerprint density at radius 3 is 2.78 bits per heavy atom. The number of hydrogen-bond acceptors (Lipinski definition) is 2. The smallest absolute Gasteiger partial charge is 0.316 e. The van der Waals surface area contributed by atoms with E-state index in [0.29, 0.717) is 17.3 Å². The molecule has 0 radical (unpaired) electrons. The standard InChI is InChI=1S/C18H17ClN2O2/c1-12-8-9-14(19)11-15(12)20-17(22)18(23)21-10-4-6-13-5-2-3-7-16(13)21/h2-3,5,7-9,11H,4,6,10H2,1H3,(H,20,22). The topological polar surface area (TPSA) is 49.4 Å². The number of hydrogen-bond donors (Lipinski definition) is 1. The van der Waals surface area contributed by atoms with E-state index in [1.165, 1.54) is 0 Å². The van der Waals surface area contributed by atoms with E-state index in [1.807, 2.05) is 31.2 Å². The van der Waals surface area contributed by atoms with Crippen molar-refractivity contribution in [2.45, 2.75) is 19.8 Å². The predicted molar refractivity (Wildman–Crippen MR) is 91.9 cm³/mol. The monoisotopic (exact) mass is 328 g/mol. The number of fused-ring (bicyclic) bond motifs is 1. The maximum absolute atomic E-state index is 12.5. The van der Waals surface area contributed by atoms with Crippen molar-refractivity contribution in [1.82, 2.24) is 0 Å². The number of amides is 2. The van der Waals surface area contributed by atoms with Gasteiger partial charge < -0.3 is 10.2 Å². The van der Waals surface area contributed by atoms with Crippen LogP contribution >= 0.6 is 11.6 Å². The summed E-state index contributed by atoms with van der Waals surface area (Å²) in [5, 5.41) is 3.18. The van der Waals surface area contributed by atoms with Crippen molar-refractivity contribution < 1.29 is 9.59 Å². The summed E-state index contributed by atoms with van der Waals surface area (Å²) >= 11 is 5.95. The highest BCUT2D eigenvalue weighted by Gasteiger charge is 2.27. The van der Waals surface area contributed by atoms with Crippen molar-refractivity contribution in [2.24, 2.45) is 0 Å². The highest BCUT2D eigenvalue weighted by molar-refractivity contribution is 6.44. The van der Waals surface area contributed by atoms with Crippen molar-refractivity contribution in [3.05, 3.63) is 58.6 Å². The second-order valence-electron chi connectivity index (χ2n) is 5.60. The van der Waals surface area contributed by atoms with Gasteiger partial charge in [0.25, 0.3) is 0 Å². The zero-order chi connectivity index (χ0) is 16.4. The summed E-state index contributed by atoms with van der Waals surface area (Å²) in [5.41, 5.74) is 3.33. The Hall–Kier alpha value is -2.33. The fourth-order valence-electron chi connectivity index (χ4n) is 2.77. The quantitative estimate of drug-likeness (QED) is 0.814. The highest BCUT2D eigenvalue weighted by Crippen LogP contribution is 2.27. The Kier molecular flexibility index (Phi) is 4.35. The van der Waals surface area contributed by atoms with Crippen molar-refractivity contribution in [3.8, 4) is 0 Å². The van der Waals surface area contributed by atoms with Crippen LogP contribution in [0.2, 0.25) is 5.02 Å². The molecule has 0 bridgehead atoms.